The zero-order chi connectivity index (χ0) is 14.9. The monoisotopic (exact) mass is 322 g/mol. The highest BCUT2D eigenvalue weighted by Gasteiger charge is 2.31. The number of alkyl halides is 1. The van der Waals surface area contributed by atoms with Crippen molar-refractivity contribution in [3.63, 3.8) is 0 Å². The summed E-state index contributed by atoms with van der Waals surface area (Å²) in [7, 11) is -4.08. The topological polar surface area (TPSA) is 89.3 Å². The molecule has 0 saturated heterocycles. The normalized spacial score (nSPS) is 22.9. The summed E-state index contributed by atoms with van der Waals surface area (Å²) in [6.45, 7) is 0. The van der Waals surface area contributed by atoms with Gasteiger partial charge in [-0.05, 0) is 18.9 Å². The summed E-state index contributed by atoms with van der Waals surface area (Å²) >= 11 is 5.97. The van der Waals surface area contributed by atoms with Crippen LogP contribution in [0.2, 0.25) is 0 Å². The number of non-ortho nitro benzene ring substituents is 1. The average Bonchev–Trinajstić information content (AvgIpc) is 2.73. The zero-order valence-corrected chi connectivity index (χ0v) is 11.8. The molecule has 20 heavy (non-hydrogen) atoms. The summed E-state index contributed by atoms with van der Waals surface area (Å²) < 4.78 is 40.2. The molecule has 2 unspecified atom stereocenters. The summed E-state index contributed by atoms with van der Waals surface area (Å²) in [5, 5.41) is 10.2. The lowest BCUT2D eigenvalue weighted by Crippen LogP contribution is -2.38. The Kier molecular flexibility index (Phi) is 4.26. The van der Waals surface area contributed by atoms with E-state index in [0.717, 1.165) is 18.6 Å². The fraction of sp³-hybridized carbons (Fsp3) is 0.455. The van der Waals surface area contributed by atoms with Gasteiger partial charge in [0.2, 0.25) is 10.0 Å². The molecule has 2 atom stereocenters. The molecule has 1 aliphatic rings. The molecule has 0 bridgehead atoms. The minimum absolute atomic E-state index is 0.328. The molecular formula is C11H12ClFN2O4S. The average molecular weight is 323 g/mol. The fourth-order valence-corrected chi connectivity index (χ4v) is 3.92. The van der Waals surface area contributed by atoms with Crippen LogP contribution in [0.3, 0.4) is 0 Å². The number of hydrogen-bond acceptors (Lipinski definition) is 4. The van der Waals surface area contributed by atoms with Crippen LogP contribution in [0.4, 0.5) is 10.1 Å². The van der Waals surface area contributed by atoms with Gasteiger partial charge in [-0.1, -0.05) is 6.42 Å². The second-order valence-corrected chi connectivity index (χ2v) is 6.79. The highest BCUT2D eigenvalue weighted by Crippen LogP contribution is 2.27. The maximum absolute atomic E-state index is 13.7. The number of nitro groups is 1. The molecule has 1 aliphatic carbocycles. The van der Waals surface area contributed by atoms with Crippen LogP contribution in [0.25, 0.3) is 0 Å². The third-order valence-electron chi connectivity index (χ3n) is 3.15. The Morgan fingerprint density at radius 2 is 2.10 bits per heavy atom. The number of sulfonamides is 1. The van der Waals surface area contributed by atoms with E-state index in [4.69, 9.17) is 11.6 Å². The van der Waals surface area contributed by atoms with Gasteiger partial charge in [-0.25, -0.2) is 17.5 Å². The lowest BCUT2D eigenvalue weighted by atomic mass is 10.3. The van der Waals surface area contributed by atoms with Crippen molar-refractivity contribution in [3.05, 3.63) is 34.1 Å². The van der Waals surface area contributed by atoms with E-state index in [1.165, 1.54) is 0 Å². The van der Waals surface area contributed by atoms with E-state index in [-0.39, 0.29) is 5.38 Å². The Morgan fingerprint density at radius 1 is 1.40 bits per heavy atom. The third-order valence-corrected chi connectivity index (χ3v) is 5.20. The van der Waals surface area contributed by atoms with Crippen molar-refractivity contribution in [2.45, 2.75) is 35.6 Å². The molecule has 110 valence electrons. The van der Waals surface area contributed by atoms with Crippen molar-refractivity contribution in [2.24, 2.45) is 0 Å². The first-order valence-corrected chi connectivity index (χ1v) is 7.83. The predicted octanol–water partition coefficient (Wildman–Crippen LogP) is 2.17. The van der Waals surface area contributed by atoms with Gasteiger partial charge in [0.1, 0.15) is 10.7 Å². The molecule has 1 N–H and O–H groups in total. The quantitative estimate of drug-likeness (QED) is 0.522. The number of hydrogen-bond donors (Lipinski definition) is 1. The summed E-state index contributed by atoms with van der Waals surface area (Å²) in [6.07, 6.45) is 2.07. The predicted molar refractivity (Wildman–Crippen MR) is 70.7 cm³/mol. The van der Waals surface area contributed by atoms with Crippen LogP contribution in [0, 0.1) is 15.9 Å². The molecule has 9 heteroatoms. The molecule has 6 nitrogen and oxygen atoms in total. The number of halogens is 2. The van der Waals surface area contributed by atoms with Crippen molar-refractivity contribution in [1.29, 1.82) is 0 Å². The van der Waals surface area contributed by atoms with Crippen molar-refractivity contribution in [2.75, 3.05) is 0 Å². The molecule has 0 aromatic heterocycles. The first-order chi connectivity index (χ1) is 9.31. The molecular weight excluding hydrogens is 311 g/mol. The van der Waals surface area contributed by atoms with Gasteiger partial charge in [-0.3, -0.25) is 10.1 Å². The van der Waals surface area contributed by atoms with Crippen LogP contribution in [0.15, 0.2) is 23.1 Å². The summed E-state index contributed by atoms with van der Waals surface area (Å²) in [5.74, 6) is -1.16. The van der Waals surface area contributed by atoms with Gasteiger partial charge in [-0.2, -0.15) is 0 Å². The molecule has 0 amide bonds. The number of rotatable bonds is 4. The number of nitrogens with one attached hydrogen (secondary N) is 1. The lowest BCUT2D eigenvalue weighted by molar-refractivity contribution is -0.385. The zero-order valence-electron chi connectivity index (χ0n) is 10.3. The molecule has 0 radical (unpaired) electrons. The Balaban J connectivity index is 2.27. The van der Waals surface area contributed by atoms with Gasteiger partial charge >= 0.3 is 0 Å². The van der Waals surface area contributed by atoms with Crippen molar-refractivity contribution < 1.29 is 17.7 Å². The van der Waals surface area contributed by atoms with E-state index < -0.39 is 37.4 Å². The third kappa shape index (κ3) is 3.08. The van der Waals surface area contributed by atoms with Gasteiger partial charge < -0.3 is 0 Å². The minimum Gasteiger partial charge on any atom is -0.258 e. The first kappa shape index (κ1) is 15.1. The minimum atomic E-state index is -4.08. The molecule has 1 saturated carbocycles. The second kappa shape index (κ2) is 5.63. The van der Waals surface area contributed by atoms with Crippen LogP contribution in [0.1, 0.15) is 19.3 Å². The van der Waals surface area contributed by atoms with Crippen LogP contribution in [0.5, 0.6) is 0 Å². The van der Waals surface area contributed by atoms with Crippen LogP contribution in [-0.2, 0) is 10.0 Å². The first-order valence-electron chi connectivity index (χ1n) is 5.91. The SMILES string of the molecule is O=[N+]([O-])c1ccc(S(=O)(=O)NC2CCCC2Cl)c(F)c1. The Bertz CT molecular complexity index is 637. The van der Waals surface area contributed by atoms with Gasteiger partial charge in [0, 0.05) is 17.5 Å². The molecule has 1 aromatic rings. The van der Waals surface area contributed by atoms with Crippen molar-refractivity contribution in [1.82, 2.24) is 4.72 Å². The number of nitrogens with zero attached hydrogens (tertiary/aromatic N) is 1. The molecule has 1 fully saturated rings. The highest BCUT2D eigenvalue weighted by molar-refractivity contribution is 7.89. The molecule has 0 aliphatic heterocycles. The largest absolute Gasteiger partial charge is 0.272 e. The summed E-state index contributed by atoms with van der Waals surface area (Å²) in [4.78, 5) is 9.09. The van der Waals surface area contributed by atoms with Crippen molar-refractivity contribution >= 4 is 27.3 Å². The summed E-state index contributed by atoms with van der Waals surface area (Å²) in [6, 6.07) is 1.97. The van der Waals surface area contributed by atoms with E-state index in [2.05, 4.69) is 4.72 Å². The number of benzene rings is 1. The second-order valence-electron chi connectivity index (χ2n) is 4.55. The van der Waals surface area contributed by atoms with E-state index in [1.54, 1.807) is 0 Å². The Hall–Kier alpha value is -1.25. The standard InChI is InChI=1S/C11H12ClFN2O4S/c12-8-2-1-3-10(8)14-20(18,19)11-5-4-7(15(16)17)6-9(11)13/h4-6,8,10,14H,1-3H2. The maximum Gasteiger partial charge on any atom is 0.272 e. The van der Waals surface area contributed by atoms with Crippen LogP contribution >= 0.6 is 11.6 Å². The fourth-order valence-electron chi connectivity index (χ4n) is 2.13. The van der Waals surface area contributed by atoms with Crippen LogP contribution < -0.4 is 4.72 Å². The Labute approximate surface area is 120 Å². The molecule has 1 aromatic carbocycles. The lowest BCUT2D eigenvalue weighted by Gasteiger charge is -2.16. The summed E-state index contributed by atoms with van der Waals surface area (Å²) in [5.41, 5.74) is -0.502. The maximum atomic E-state index is 13.7. The van der Waals surface area contributed by atoms with E-state index in [9.17, 15) is 22.9 Å². The number of nitro benzene ring substituents is 1. The van der Waals surface area contributed by atoms with E-state index >= 15 is 0 Å². The van der Waals surface area contributed by atoms with Gasteiger partial charge in [0.25, 0.3) is 5.69 Å². The molecule has 0 heterocycles. The van der Waals surface area contributed by atoms with Gasteiger partial charge in [-0.15, -0.1) is 11.6 Å². The smallest absolute Gasteiger partial charge is 0.258 e. The Morgan fingerprint density at radius 3 is 2.60 bits per heavy atom. The van der Waals surface area contributed by atoms with Crippen LogP contribution in [-0.4, -0.2) is 24.8 Å². The highest BCUT2D eigenvalue weighted by atomic mass is 35.5. The van der Waals surface area contributed by atoms with E-state index in [0.29, 0.717) is 18.9 Å². The molecule has 0 spiro atoms. The van der Waals surface area contributed by atoms with Crippen molar-refractivity contribution in [3.8, 4) is 0 Å². The van der Waals surface area contributed by atoms with Gasteiger partial charge in [0.05, 0.1) is 11.0 Å². The molecule has 2 rings (SSSR count). The van der Waals surface area contributed by atoms with Gasteiger partial charge in [0.15, 0.2) is 0 Å². The van der Waals surface area contributed by atoms with E-state index in [1.807, 2.05) is 0 Å².